The zero-order valence-electron chi connectivity index (χ0n) is 13.6. The second-order valence-corrected chi connectivity index (χ2v) is 6.11. The SMILES string of the molecule is COc1cccc(CCC(=O)N[C@H]2CCCCC[C@H]2C(=O)O)c1. The summed E-state index contributed by atoms with van der Waals surface area (Å²) >= 11 is 0. The molecule has 2 atom stereocenters. The molecule has 1 amide bonds. The van der Waals surface area contributed by atoms with Gasteiger partial charge in [-0.3, -0.25) is 9.59 Å². The maximum absolute atomic E-state index is 12.2. The van der Waals surface area contributed by atoms with E-state index in [1.165, 1.54) is 0 Å². The summed E-state index contributed by atoms with van der Waals surface area (Å²) in [6, 6.07) is 7.40. The van der Waals surface area contributed by atoms with Crippen molar-refractivity contribution in [3.8, 4) is 5.75 Å². The van der Waals surface area contributed by atoms with Crippen LogP contribution in [0.25, 0.3) is 0 Å². The first-order valence-corrected chi connectivity index (χ1v) is 8.25. The highest BCUT2D eigenvalue weighted by Gasteiger charge is 2.30. The molecule has 1 aromatic carbocycles. The second kappa shape index (κ2) is 8.56. The number of hydrogen-bond acceptors (Lipinski definition) is 3. The van der Waals surface area contributed by atoms with E-state index in [2.05, 4.69) is 5.32 Å². The first kappa shape index (κ1) is 17.3. The number of aliphatic carboxylic acids is 1. The summed E-state index contributed by atoms with van der Waals surface area (Å²) in [5.41, 5.74) is 1.04. The predicted molar refractivity (Wildman–Crippen MR) is 87.5 cm³/mol. The Hall–Kier alpha value is -2.04. The van der Waals surface area contributed by atoms with Crippen molar-refractivity contribution in [2.45, 2.75) is 51.0 Å². The van der Waals surface area contributed by atoms with Crippen molar-refractivity contribution in [3.63, 3.8) is 0 Å². The molecule has 0 spiro atoms. The lowest BCUT2D eigenvalue weighted by Crippen LogP contribution is -2.42. The Labute approximate surface area is 137 Å². The van der Waals surface area contributed by atoms with E-state index in [-0.39, 0.29) is 11.9 Å². The van der Waals surface area contributed by atoms with Crippen LogP contribution in [0, 0.1) is 5.92 Å². The fourth-order valence-electron chi connectivity index (χ4n) is 3.14. The minimum Gasteiger partial charge on any atom is -0.497 e. The van der Waals surface area contributed by atoms with E-state index in [1.54, 1.807) is 7.11 Å². The van der Waals surface area contributed by atoms with Crippen LogP contribution in [0.3, 0.4) is 0 Å². The molecule has 0 aliphatic heterocycles. The van der Waals surface area contributed by atoms with Crippen LogP contribution in [0.2, 0.25) is 0 Å². The Kier molecular flexibility index (Phi) is 6.44. The number of aryl methyl sites for hydroxylation is 1. The van der Waals surface area contributed by atoms with Crippen molar-refractivity contribution in [2.75, 3.05) is 7.11 Å². The maximum atomic E-state index is 12.2. The van der Waals surface area contributed by atoms with Crippen molar-refractivity contribution in [1.29, 1.82) is 0 Å². The van der Waals surface area contributed by atoms with E-state index in [0.717, 1.165) is 37.0 Å². The van der Waals surface area contributed by atoms with E-state index >= 15 is 0 Å². The molecule has 0 aromatic heterocycles. The van der Waals surface area contributed by atoms with Gasteiger partial charge in [-0.15, -0.1) is 0 Å². The van der Waals surface area contributed by atoms with Crippen molar-refractivity contribution in [3.05, 3.63) is 29.8 Å². The fraction of sp³-hybridized carbons (Fsp3) is 0.556. The lowest BCUT2D eigenvalue weighted by Gasteiger charge is -2.22. The standard InChI is InChI=1S/C18H25NO4/c1-23-14-7-5-6-13(12-14)10-11-17(20)19-16-9-4-2-3-8-15(16)18(21)22/h5-7,12,15-16H,2-4,8-11H2,1H3,(H,19,20)(H,21,22)/t15-,16+/m1/s1. The van der Waals surface area contributed by atoms with Gasteiger partial charge in [0.2, 0.25) is 5.91 Å². The van der Waals surface area contributed by atoms with Gasteiger partial charge in [-0.25, -0.2) is 0 Å². The third-order valence-corrected chi connectivity index (χ3v) is 4.45. The van der Waals surface area contributed by atoms with Crippen LogP contribution in [0.15, 0.2) is 24.3 Å². The number of carboxylic acid groups (broad SMARTS) is 1. The molecule has 1 saturated carbocycles. The van der Waals surface area contributed by atoms with Crippen LogP contribution in [0.4, 0.5) is 0 Å². The van der Waals surface area contributed by atoms with Gasteiger partial charge in [0, 0.05) is 12.5 Å². The Balaban J connectivity index is 1.88. The van der Waals surface area contributed by atoms with E-state index in [4.69, 9.17) is 4.74 Å². The molecule has 1 fully saturated rings. The number of rotatable bonds is 6. The monoisotopic (exact) mass is 319 g/mol. The highest BCUT2D eigenvalue weighted by molar-refractivity contribution is 5.78. The third kappa shape index (κ3) is 5.27. The van der Waals surface area contributed by atoms with Crippen LogP contribution >= 0.6 is 0 Å². The molecular formula is C18H25NO4. The van der Waals surface area contributed by atoms with Gasteiger partial charge in [0.1, 0.15) is 5.75 Å². The van der Waals surface area contributed by atoms with Gasteiger partial charge in [0.15, 0.2) is 0 Å². The summed E-state index contributed by atoms with van der Waals surface area (Å²) < 4.78 is 5.17. The quantitative estimate of drug-likeness (QED) is 0.791. The average Bonchev–Trinajstić information content (AvgIpc) is 2.78. The molecule has 1 aromatic rings. The highest BCUT2D eigenvalue weighted by atomic mass is 16.5. The van der Waals surface area contributed by atoms with Gasteiger partial charge >= 0.3 is 5.97 Å². The molecule has 0 saturated heterocycles. The predicted octanol–water partition coefficient (Wildman–Crippen LogP) is 2.78. The van der Waals surface area contributed by atoms with Gasteiger partial charge in [0.05, 0.1) is 13.0 Å². The number of carboxylic acids is 1. The fourth-order valence-corrected chi connectivity index (χ4v) is 3.14. The van der Waals surface area contributed by atoms with Gasteiger partial charge in [-0.1, -0.05) is 31.4 Å². The molecule has 5 nitrogen and oxygen atoms in total. The summed E-state index contributed by atoms with van der Waals surface area (Å²) in [7, 11) is 1.62. The molecule has 1 aliphatic rings. The van der Waals surface area contributed by atoms with Crippen LogP contribution < -0.4 is 10.1 Å². The summed E-state index contributed by atoms with van der Waals surface area (Å²) in [6.07, 6.45) is 5.32. The van der Waals surface area contributed by atoms with E-state index < -0.39 is 11.9 Å². The van der Waals surface area contributed by atoms with Crippen LogP contribution in [0.5, 0.6) is 5.75 Å². The van der Waals surface area contributed by atoms with Gasteiger partial charge in [-0.2, -0.15) is 0 Å². The topological polar surface area (TPSA) is 75.6 Å². The zero-order chi connectivity index (χ0) is 16.7. The number of methoxy groups -OCH3 is 1. The minimum atomic E-state index is -0.801. The molecule has 5 heteroatoms. The van der Waals surface area contributed by atoms with Crippen LogP contribution in [0.1, 0.15) is 44.1 Å². The summed E-state index contributed by atoms with van der Waals surface area (Å²) in [5.74, 6) is -0.563. The molecule has 0 radical (unpaired) electrons. The Morgan fingerprint density at radius 1 is 1.26 bits per heavy atom. The number of benzene rings is 1. The maximum Gasteiger partial charge on any atom is 0.308 e. The number of amides is 1. The number of ether oxygens (including phenoxy) is 1. The van der Waals surface area contributed by atoms with Crippen molar-refractivity contribution in [2.24, 2.45) is 5.92 Å². The normalized spacial score (nSPS) is 21.3. The van der Waals surface area contributed by atoms with Crippen LogP contribution in [-0.4, -0.2) is 30.1 Å². The van der Waals surface area contributed by atoms with E-state index in [9.17, 15) is 14.7 Å². The Bertz CT molecular complexity index is 544. The average molecular weight is 319 g/mol. The number of carbonyl (C=O) groups excluding carboxylic acids is 1. The summed E-state index contributed by atoms with van der Waals surface area (Å²) in [5, 5.41) is 12.3. The number of carbonyl (C=O) groups is 2. The largest absolute Gasteiger partial charge is 0.497 e. The van der Waals surface area contributed by atoms with Crippen molar-refractivity contribution < 1.29 is 19.4 Å². The summed E-state index contributed by atoms with van der Waals surface area (Å²) in [6.45, 7) is 0. The first-order valence-electron chi connectivity index (χ1n) is 8.25. The number of hydrogen-bond donors (Lipinski definition) is 2. The van der Waals surface area contributed by atoms with Crippen molar-refractivity contribution in [1.82, 2.24) is 5.32 Å². The molecule has 2 rings (SSSR count). The lowest BCUT2D eigenvalue weighted by atomic mass is 9.94. The Morgan fingerprint density at radius 3 is 2.78 bits per heavy atom. The highest BCUT2D eigenvalue weighted by Crippen LogP contribution is 2.24. The van der Waals surface area contributed by atoms with Crippen LogP contribution in [-0.2, 0) is 16.0 Å². The second-order valence-electron chi connectivity index (χ2n) is 6.11. The molecule has 0 bridgehead atoms. The molecule has 0 heterocycles. The van der Waals surface area contributed by atoms with E-state index in [1.807, 2.05) is 24.3 Å². The molecule has 0 unspecified atom stereocenters. The van der Waals surface area contributed by atoms with Gasteiger partial charge in [0.25, 0.3) is 0 Å². The first-order chi connectivity index (χ1) is 11.1. The summed E-state index contributed by atoms with van der Waals surface area (Å²) in [4.78, 5) is 23.6. The number of nitrogens with one attached hydrogen (secondary N) is 1. The molecule has 1 aliphatic carbocycles. The Morgan fingerprint density at radius 2 is 2.04 bits per heavy atom. The third-order valence-electron chi connectivity index (χ3n) is 4.45. The molecule has 23 heavy (non-hydrogen) atoms. The zero-order valence-corrected chi connectivity index (χ0v) is 13.6. The molecule has 126 valence electrons. The molecule has 2 N–H and O–H groups in total. The van der Waals surface area contributed by atoms with Gasteiger partial charge in [-0.05, 0) is 37.0 Å². The smallest absolute Gasteiger partial charge is 0.308 e. The van der Waals surface area contributed by atoms with E-state index in [0.29, 0.717) is 19.3 Å². The lowest BCUT2D eigenvalue weighted by molar-refractivity contribution is -0.143. The van der Waals surface area contributed by atoms with Crippen molar-refractivity contribution >= 4 is 11.9 Å². The van der Waals surface area contributed by atoms with Gasteiger partial charge < -0.3 is 15.2 Å². The minimum absolute atomic E-state index is 0.0778. The molecular weight excluding hydrogens is 294 g/mol.